The monoisotopic (exact) mass is 533 g/mol. The lowest BCUT2D eigenvalue weighted by molar-refractivity contribution is -0.149. The Balaban J connectivity index is 2.00. The normalized spacial score (nSPS) is 12.0. The minimum Gasteiger partial charge on any atom is -0.454 e. The largest absolute Gasteiger partial charge is 0.454 e. The average molecular weight is 534 g/mol. The molecule has 0 fully saturated rings. The summed E-state index contributed by atoms with van der Waals surface area (Å²) in [6, 6.07) is 8.61. The van der Waals surface area contributed by atoms with Crippen LogP contribution < -0.4 is 15.8 Å². The summed E-state index contributed by atoms with van der Waals surface area (Å²) in [5.41, 5.74) is 0.294. The third-order valence-electron chi connectivity index (χ3n) is 4.17. The van der Waals surface area contributed by atoms with Gasteiger partial charge in [-0.3, -0.25) is 9.59 Å². The van der Waals surface area contributed by atoms with Gasteiger partial charge in [0.2, 0.25) is 10.0 Å². The SMILES string of the molecule is CSCCC(NC(=O)c1ccc(Cl)cc1Cl)C(=O)OCC(=O)Nc1cccc(S(N)(=O)=O)c1. The van der Waals surface area contributed by atoms with E-state index in [1.807, 2.05) is 6.26 Å². The van der Waals surface area contributed by atoms with E-state index in [-0.39, 0.29) is 27.6 Å². The Morgan fingerprint density at radius 1 is 1.15 bits per heavy atom. The highest BCUT2D eigenvalue weighted by Gasteiger charge is 2.24. The number of sulfonamides is 1. The molecule has 9 nitrogen and oxygen atoms in total. The lowest BCUT2D eigenvalue weighted by Gasteiger charge is -2.18. The number of amides is 2. The van der Waals surface area contributed by atoms with Gasteiger partial charge in [0, 0.05) is 10.7 Å². The first-order valence-corrected chi connectivity index (χ1v) is 13.0. The highest BCUT2D eigenvalue weighted by atomic mass is 35.5. The average Bonchev–Trinajstić information content (AvgIpc) is 2.74. The predicted octanol–water partition coefficient (Wildman–Crippen LogP) is 2.67. The standard InChI is InChI=1S/C20H21Cl2N3O6S2/c1-32-8-7-17(25-19(27)15-6-5-12(21)9-16(15)22)20(28)31-11-18(26)24-13-3-2-4-14(10-13)33(23,29)30/h2-6,9-10,17H,7-8,11H2,1H3,(H,24,26)(H,25,27)(H2,23,29,30). The number of nitrogens with one attached hydrogen (secondary N) is 2. The van der Waals surface area contributed by atoms with Crippen molar-refractivity contribution in [1.82, 2.24) is 5.32 Å². The molecule has 13 heteroatoms. The maximum atomic E-state index is 12.6. The van der Waals surface area contributed by atoms with Gasteiger partial charge in [0.15, 0.2) is 6.61 Å². The van der Waals surface area contributed by atoms with E-state index in [4.69, 9.17) is 33.1 Å². The van der Waals surface area contributed by atoms with Gasteiger partial charge in [-0.25, -0.2) is 18.4 Å². The number of hydrogen-bond acceptors (Lipinski definition) is 7. The van der Waals surface area contributed by atoms with Gasteiger partial charge in [-0.1, -0.05) is 29.3 Å². The number of carbonyl (C=O) groups excluding carboxylic acids is 3. The second kappa shape index (κ2) is 12.2. The van der Waals surface area contributed by atoms with Crippen molar-refractivity contribution < 1.29 is 27.5 Å². The number of primary sulfonamides is 1. The van der Waals surface area contributed by atoms with Crippen molar-refractivity contribution in [2.75, 3.05) is 23.9 Å². The second-order valence-electron chi connectivity index (χ2n) is 6.66. The molecule has 0 spiro atoms. The molecule has 0 heterocycles. The third kappa shape index (κ3) is 8.52. The van der Waals surface area contributed by atoms with Crippen molar-refractivity contribution in [2.45, 2.75) is 17.4 Å². The molecule has 0 radical (unpaired) electrons. The summed E-state index contributed by atoms with van der Waals surface area (Å²) in [4.78, 5) is 37.0. The van der Waals surface area contributed by atoms with Crippen LogP contribution in [0, 0.1) is 0 Å². The zero-order chi connectivity index (χ0) is 24.6. The van der Waals surface area contributed by atoms with Gasteiger partial charge in [-0.2, -0.15) is 11.8 Å². The minimum atomic E-state index is -3.94. The Hall–Kier alpha value is -2.31. The van der Waals surface area contributed by atoms with E-state index >= 15 is 0 Å². The van der Waals surface area contributed by atoms with Crippen LogP contribution in [0.1, 0.15) is 16.8 Å². The van der Waals surface area contributed by atoms with Crippen molar-refractivity contribution in [1.29, 1.82) is 0 Å². The maximum Gasteiger partial charge on any atom is 0.329 e. The van der Waals surface area contributed by atoms with Crippen molar-refractivity contribution in [3.63, 3.8) is 0 Å². The van der Waals surface area contributed by atoms with E-state index in [0.29, 0.717) is 10.8 Å². The first-order valence-electron chi connectivity index (χ1n) is 9.35. The molecule has 2 amide bonds. The molecule has 0 aliphatic carbocycles. The molecule has 2 rings (SSSR count). The van der Waals surface area contributed by atoms with Crippen LogP contribution >= 0.6 is 35.0 Å². The maximum absolute atomic E-state index is 12.6. The van der Waals surface area contributed by atoms with Crippen LogP contribution in [0.3, 0.4) is 0 Å². The second-order valence-corrected chi connectivity index (χ2v) is 10.1. The zero-order valence-corrected chi connectivity index (χ0v) is 20.5. The number of ether oxygens (including phenoxy) is 1. The quantitative estimate of drug-likeness (QED) is 0.398. The Kier molecular flexibility index (Phi) is 9.99. The van der Waals surface area contributed by atoms with Gasteiger partial charge in [0.25, 0.3) is 11.8 Å². The van der Waals surface area contributed by atoms with E-state index < -0.39 is 40.5 Å². The molecule has 0 aromatic heterocycles. The van der Waals surface area contributed by atoms with E-state index in [1.165, 1.54) is 54.2 Å². The van der Waals surface area contributed by atoms with Crippen molar-refractivity contribution >= 4 is 68.5 Å². The number of anilines is 1. The van der Waals surface area contributed by atoms with Crippen molar-refractivity contribution in [3.8, 4) is 0 Å². The molecule has 0 aliphatic heterocycles. The number of nitrogens with two attached hydrogens (primary N) is 1. The highest BCUT2D eigenvalue weighted by molar-refractivity contribution is 7.98. The number of esters is 1. The Morgan fingerprint density at radius 3 is 2.52 bits per heavy atom. The topological polar surface area (TPSA) is 145 Å². The lowest BCUT2D eigenvalue weighted by atomic mass is 10.1. The van der Waals surface area contributed by atoms with Crippen LogP contribution in [0.15, 0.2) is 47.4 Å². The van der Waals surface area contributed by atoms with E-state index in [1.54, 1.807) is 0 Å². The fourth-order valence-electron chi connectivity index (χ4n) is 2.58. The summed E-state index contributed by atoms with van der Waals surface area (Å²) in [6.07, 6.45) is 2.10. The number of hydrogen-bond donors (Lipinski definition) is 3. The molecular formula is C20H21Cl2N3O6S2. The molecule has 2 aromatic rings. The van der Waals surface area contributed by atoms with Gasteiger partial charge in [0.05, 0.1) is 15.5 Å². The molecule has 0 saturated carbocycles. The van der Waals surface area contributed by atoms with Crippen LogP contribution in [0.2, 0.25) is 10.0 Å². The third-order valence-corrected chi connectivity index (χ3v) is 6.27. The Labute approximate surface area is 205 Å². The molecule has 178 valence electrons. The minimum absolute atomic E-state index is 0.123. The van der Waals surface area contributed by atoms with Crippen molar-refractivity contribution in [2.24, 2.45) is 5.14 Å². The summed E-state index contributed by atoms with van der Waals surface area (Å²) in [5, 5.41) is 10.5. The van der Waals surface area contributed by atoms with Crippen LogP contribution in [0.5, 0.6) is 0 Å². The number of benzene rings is 2. The highest BCUT2D eigenvalue weighted by Crippen LogP contribution is 2.21. The fraction of sp³-hybridized carbons (Fsp3) is 0.250. The molecule has 0 bridgehead atoms. The predicted molar refractivity (Wildman–Crippen MR) is 128 cm³/mol. The molecule has 1 unspecified atom stereocenters. The summed E-state index contributed by atoms with van der Waals surface area (Å²) in [5.74, 6) is -1.56. The molecular weight excluding hydrogens is 513 g/mol. The van der Waals surface area contributed by atoms with Gasteiger partial charge in [-0.15, -0.1) is 0 Å². The van der Waals surface area contributed by atoms with Crippen LogP contribution in [0.4, 0.5) is 5.69 Å². The van der Waals surface area contributed by atoms with Crippen LogP contribution in [-0.4, -0.2) is 50.9 Å². The number of thioether (sulfide) groups is 1. The smallest absolute Gasteiger partial charge is 0.329 e. The van der Waals surface area contributed by atoms with Crippen LogP contribution in [0.25, 0.3) is 0 Å². The van der Waals surface area contributed by atoms with Gasteiger partial charge >= 0.3 is 5.97 Å². The molecule has 2 aromatic carbocycles. The summed E-state index contributed by atoms with van der Waals surface area (Å²) < 4.78 is 27.9. The van der Waals surface area contributed by atoms with E-state index in [0.717, 1.165) is 0 Å². The first-order chi connectivity index (χ1) is 15.5. The molecule has 4 N–H and O–H groups in total. The fourth-order valence-corrected chi connectivity index (χ4v) is 4.10. The van der Waals surface area contributed by atoms with Gasteiger partial charge < -0.3 is 15.4 Å². The summed E-state index contributed by atoms with van der Waals surface area (Å²) in [7, 11) is -3.94. The zero-order valence-electron chi connectivity index (χ0n) is 17.3. The molecule has 1 atom stereocenters. The Morgan fingerprint density at radius 2 is 1.88 bits per heavy atom. The van der Waals surface area contributed by atoms with Crippen LogP contribution in [-0.2, 0) is 24.3 Å². The molecule has 33 heavy (non-hydrogen) atoms. The first kappa shape index (κ1) is 26.9. The van der Waals surface area contributed by atoms with E-state index in [9.17, 15) is 22.8 Å². The van der Waals surface area contributed by atoms with E-state index in [2.05, 4.69) is 10.6 Å². The number of halogens is 2. The van der Waals surface area contributed by atoms with Gasteiger partial charge in [-0.05, 0) is 54.8 Å². The molecule has 0 aliphatic rings. The van der Waals surface area contributed by atoms with Crippen molar-refractivity contribution in [3.05, 3.63) is 58.1 Å². The Bertz CT molecular complexity index is 1140. The number of carbonyl (C=O) groups is 3. The number of rotatable bonds is 10. The van der Waals surface area contributed by atoms with Gasteiger partial charge in [0.1, 0.15) is 6.04 Å². The molecule has 0 saturated heterocycles. The summed E-state index contributed by atoms with van der Waals surface area (Å²) in [6.45, 7) is -0.647. The summed E-state index contributed by atoms with van der Waals surface area (Å²) >= 11 is 13.3. The lowest BCUT2D eigenvalue weighted by Crippen LogP contribution is -2.43.